The molecule has 1 fully saturated rings. The zero-order valence-corrected chi connectivity index (χ0v) is 16.3. The van der Waals surface area contributed by atoms with E-state index in [1.54, 1.807) is 12.1 Å². The molecule has 140 valence electrons. The van der Waals surface area contributed by atoms with Gasteiger partial charge in [0.15, 0.2) is 0 Å². The van der Waals surface area contributed by atoms with Gasteiger partial charge >= 0.3 is 0 Å². The Morgan fingerprint density at radius 2 is 1.92 bits per heavy atom. The number of hydrogen-bond acceptors (Lipinski definition) is 5. The maximum atomic E-state index is 12.5. The van der Waals surface area contributed by atoms with Crippen molar-refractivity contribution in [2.45, 2.75) is 51.0 Å². The summed E-state index contributed by atoms with van der Waals surface area (Å²) in [7, 11) is -3.46. The van der Waals surface area contributed by atoms with Crippen molar-refractivity contribution < 1.29 is 13.2 Å². The van der Waals surface area contributed by atoms with Gasteiger partial charge in [0.1, 0.15) is 10.7 Å². The molecular weight excluding hydrogens is 340 g/mol. The maximum absolute atomic E-state index is 12.5. The molecule has 2 rings (SSSR count). The first kappa shape index (κ1) is 19.7. The van der Waals surface area contributed by atoms with Gasteiger partial charge in [-0.25, -0.2) is 13.4 Å². The molecular formula is C17H28N4O3S. The fraction of sp³-hybridized carbons (Fsp3) is 0.647. The first-order valence-electron chi connectivity index (χ1n) is 8.65. The summed E-state index contributed by atoms with van der Waals surface area (Å²) in [4.78, 5) is 18.4. The highest BCUT2D eigenvalue weighted by Gasteiger charge is 2.27. The largest absolute Gasteiger partial charge is 0.350 e. The molecule has 0 saturated carbocycles. The molecule has 25 heavy (non-hydrogen) atoms. The lowest BCUT2D eigenvalue weighted by atomic mass is 10.1. The van der Waals surface area contributed by atoms with Crippen LogP contribution in [0.25, 0.3) is 0 Å². The minimum Gasteiger partial charge on any atom is -0.350 e. The van der Waals surface area contributed by atoms with E-state index >= 15 is 0 Å². The second-order valence-electron chi connectivity index (χ2n) is 7.28. The van der Waals surface area contributed by atoms with Crippen molar-refractivity contribution in [1.29, 1.82) is 0 Å². The maximum Gasteiger partial charge on any atom is 0.244 e. The van der Waals surface area contributed by atoms with Gasteiger partial charge in [-0.2, -0.15) is 4.31 Å². The van der Waals surface area contributed by atoms with E-state index in [2.05, 4.69) is 10.3 Å². The van der Waals surface area contributed by atoms with Gasteiger partial charge < -0.3 is 10.2 Å². The van der Waals surface area contributed by atoms with Gasteiger partial charge in [0.05, 0.1) is 6.54 Å². The summed E-state index contributed by atoms with van der Waals surface area (Å²) >= 11 is 0. The average Bonchev–Trinajstić information content (AvgIpc) is 3.06. The Labute approximate surface area is 150 Å². The molecule has 2 heterocycles. The molecule has 0 bridgehead atoms. The molecule has 8 heteroatoms. The number of anilines is 1. The van der Waals surface area contributed by atoms with Gasteiger partial charge in [-0.3, -0.25) is 4.79 Å². The number of sulfonamides is 1. The van der Waals surface area contributed by atoms with Crippen LogP contribution in [0.1, 0.15) is 40.5 Å². The summed E-state index contributed by atoms with van der Waals surface area (Å²) in [5.74, 6) is 0.497. The summed E-state index contributed by atoms with van der Waals surface area (Å²) in [5.41, 5.74) is -0.294. The van der Waals surface area contributed by atoms with Crippen molar-refractivity contribution in [2.24, 2.45) is 0 Å². The Bertz CT molecular complexity index is 690. The Morgan fingerprint density at radius 3 is 2.40 bits per heavy atom. The third-order valence-electron chi connectivity index (χ3n) is 3.98. The Hall–Kier alpha value is -1.67. The van der Waals surface area contributed by atoms with Crippen molar-refractivity contribution in [1.82, 2.24) is 14.6 Å². The van der Waals surface area contributed by atoms with Gasteiger partial charge in [0.2, 0.25) is 15.9 Å². The smallest absolute Gasteiger partial charge is 0.244 e. The van der Waals surface area contributed by atoms with E-state index in [-0.39, 0.29) is 22.9 Å². The van der Waals surface area contributed by atoms with Gasteiger partial charge in [0.25, 0.3) is 0 Å². The number of carbonyl (C=O) groups is 1. The van der Waals surface area contributed by atoms with Crippen LogP contribution in [-0.4, -0.2) is 55.3 Å². The molecule has 0 atom stereocenters. The molecule has 1 aliphatic rings. The number of pyridine rings is 1. The molecule has 1 N–H and O–H groups in total. The van der Waals surface area contributed by atoms with Crippen molar-refractivity contribution in [3.05, 3.63) is 18.3 Å². The van der Waals surface area contributed by atoms with Gasteiger partial charge in [0, 0.05) is 31.4 Å². The fourth-order valence-electron chi connectivity index (χ4n) is 2.78. The van der Waals surface area contributed by atoms with E-state index in [4.69, 9.17) is 0 Å². The van der Waals surface area contributed by atoms with Gasteiger partial charge in [-0.05, 0) is 52.7 Å². The first-order chi connectivity index (χ1) is 11.6. The summed E-state index contributed by atoms with van der Waals surface area (Å²) in [6.07, 6.45) is 3.18. The highest BCUT2D eigenvalue weighted by molar-refractivity contribution is 7.89. The molecule has 0 radical (unpaired) electrons. The van der Waals surface area contributed by atoms with Crippen LogP contribution < -0.4 is 10.2 Å². The summed E-state index contributed by atoms with van der Waals surface area (Å²) < 4.78 is 26.6. The van der Waals surface area contributed by atoms with Crippen molar-refractivity contribution in [2.75, 3.05) is 31.1 Å². The van der Waals surface area contributed by atoms with E-state index in [9.17, 15) is 13.2 Å². The Balaban J connectivity index is 2.10. The SMILES string of the molecule is CCN(CC(=O)NC(C)(C)C)c1ccc(S(=O)(=O)N2CCCC2)cn1. The topological polar surface area (TPSA) is 82.6 Å². The average molecular weight is 369 g/mol. The lowest BCUT2D eigenvalue weighted by molar-refractivity contribution is -0.121. The van der Waals surface area contributed by atoms with Crippen LogP contribution >= 0.6 is 0 Å². The Kier molecular flexibility index (Phi) is 6.05. The second kappa shape index (κ2) is 7.70. The number of nitrogens with zero attached hydrogens (tertiary/aromatic N) is 3. The lowest BCUT2D eigenvalue weighted by Gasteiger charge is -2.25. The second-order valence-corrected chi connectivity index (χ2v) is 9.21. The molecule has 1 saturated heterocycles. The zero-order valence-electron chi connectivity index (χ0n) is 15.4. The van der Waals surface area contributed by atoms with Crippen LogP contribution in [0.3, 0.4) is 0 Å². The van der Waals surface area contributed by atoms with Crippen LogP contribution in [0.4, 0.5) is 5.82 Å². The number of likely N-dealkylation sites (N-methyl/N-ethyl adjacent to an activating group) is 1. The van der Waals surface area contributed by atoms with E-state index in [0.29, 0.717) is 25.5 Å². The number of rotatable bonds is 6. The molecule has 1 aromatic heterocycles. The predicted octanol–water partition coefficient (Wildman–Crippen LogP) is 1.61. The fourth-order valence-corrected chi connectivity index (χ4v) is 4.24. The standard InChI is InChI=1S/C17H28N4O3S/c1-5-20(13-16(22)19-17(2,3)4)15-9-8-14(12-18-15)25(23,24)21-10-6-7-11-21/h8-9,12H,5-7,10-11,13H2,1-4H3,(H,19,22). The van der Waals surface area contributed by atoms with Gasteiger partial charge in [-0.15, -0.1) is 0 Å². The van der Waals surface area contributed by atoms with E-state index in [1.165, 1.54) is 10.5 Å². The van der Waals surface area contributed by atoms with Crippen molar-refractivity contribution >= 4 is 21.7 Å². The quantitative estimate of drug-likeness (QED) is 0.825. The zero-order chi connectivity index (χ0) is 18.7. The third-order valence-corrected chi connectivity index (χ3v) is 5.86. The normalized spacial score (nSPS) is 16.0. The van der Waals surface area contributed by atoms with Gasteiger partial charge in [-0.1, -0.05) is 0 Å². The van der Waals surface area contributed by atoms with Crippen LogP contribution in [0.2, 0.25) is 0 Å². The predicted molar refractivity (Wildman–Crippen MR) is 98.0 cm³/mol. The highest BCUT2D eigenvalue weighted by atomic mass is 32.2. The summed E-state index contributed by atoms with van der Waals surface area (Å²) in [6, 6.07) is 3.23. The van der Waals surface area contributed by atoms with Crippen LogP contribution in [0.15, 0.2) is 23.2 Å². The van der Waals surface area contributed by atoms with Crippen LogP contribution in [0, 0.1) is 0 Å². The minimum atomic E-state index is -3.46. The van der Waals surface area contributed by atoms with Crippen molar-refractivity contribution in [3.8, 4) is 0 Å². The lowest BCUT2D eigenvalue weighted by Crippen LogP contribution is -2.46. The number of carbonyl (C=O) groups excluding carboxylic acids is 1. The highest BCUT2D eigenvalue weighted by Crippen LogP contribution is 2.21. The molecule has 7 nitrogen and oxygen atoms in total. The number of aromatic nitrogens is 1. The van der Waals surface area contributed by atoms with E-state index < -0.39 is 10.0 Å². The molecule has 0 unspecified atom stereocenters. The van der Waals surface area contributed by atoms with Crippen LogP contribution in [0.5, 0.6) is 0 Å². The van der Waals surface area contributed by atoms with Crippen LogP contribution in [-0.2, 0) is 14.8 Å². The molecule has 0 aliphatic carbocycles. The molecule has 1 amide bonds. The molecule has 0 spiro atoms. The number of hydrogen-bond donors (Lipinski definition) is 1. The molecule has 1 aromatic rings. The summed E-state index contributed by atoms with van der Waals surface area (Å²) in [6.45, 7) is 9.63. The van der Waals surface area contributed by atoms with E-state index in [0.717, 1.165) is 12.8 Å². The number of nitrogens with one attached hydrogen (secondary N) is 1. The summed E-state index contributed by atoms with van der Waals surface area (Å²) in [5, 5.41) is 2.92. The van der Waals surface area contributed by atoms with E-state index in [1.807, 2.05) is 32.6 Å². The van der Waals surface area contributed by atoms with Crippen molar-refractivity contribution in [3.63, 3.8) is 0 Å². The Morgan fingerprint density at radius 1 is 1.28 bits per heavy atom. The monoisotopic (exact) mass is 368 g/mol. The molecule has 1 aliphatic heterocycles. The minimum absolute atomic E-state index is 0.0927. The third kappa shape index (κ3) is 5.15. The number of amides is 1. The molecule has 0 aromatic carbocycles. The first-order valence-corrected chi connectivity index (χ1v) is 10.1.